The Hall–Kier alpha value is -2.53. The van der Waals surface area contributed by atoms with Gasteiger partial charge in [0, 0.05) is 23.8 Å². The van der Waals surface area contributed by atoms with Gasteiger partial charge in [-0.05, 0) is 49.1 Å². The molecule has 0 amide bonds. The molecule has 1 unspecified atom stereocenters. The zero-order valence-electron chi connectivity index (χ0n) is 16.2. The smallest absolute Gasteiger partial charge is 0.193 e. The van der Waals surface area contributed by atoms with E-state index in [0.717, 1.165) is 43.1 Å². The number of hydrogen-bond donors (Lipinski definition) is 2. The van der Waals surface area contributed by atoms with Gasteiger partial charge in [0.15, 0.2) is 5.96 Å². The normalized spacial score (nSPS) is 17.1. The zero-order chi connectivity index (χ0) is 19.1. The van der Waals surface area contributed by atoms with E-state index in [1.54, 1.807) is 0 Å². The predicted octanol–water partition coefficient (Wildman–Crippen LogP) is 3.90. The maximum absolute atomic E-state index is 6.07. The van der Waals surface area contributed by atoms with Gasteiger partial charge in [0.05, 0.1) is 19.8 Å². The average molecular weight is 367 g/mol. The molecule has 3 N–H and O–H groups in total. The Kier molecular flexibility index (Phi) is 6.71. The summed E-state index contributed by atoms with van der Waals surface area (Å²) in [5, 5.41) is 3.14. The zero-order valence-corrected chi connectivity index (χ0v) is 16.2. The standard InChI is InChI=1S/C22H29N3O2/c1-3-17-5-8-20(9-6-17)25-22(23)24-13-19-7-4-16(2)12-21(19)27-15-18-10-11-26-14-18/h4-9,12,18H,3,10-11,13-15H2,1-2H3,(H3,23,24,25). The van der Waals surface area contributed by atoms with Crippen molar-refractivity contribution in [2.24, 2.45) is 16.6 Å². The molecule has 1 aliphatic heterocycles. The van der Waals surface area contributed by atoms with Crippen LogP contribution in [0, 0.1) is 12.8 Å². The number of nitrogens with zero attached hydrogens (tertiary/aromatic N) is 1. The molecule has 27 heavy (non-hydrogen) atoms. The topological polar surface area (TPSA) is 68.9 Å². The molecular weight excluding hydrogens is 338 g/mol. The second-order valence-corrected chi connectivity index (χ2v) is 7.03. The molecule has 144 valence electrons. The number of anilines is 1. The van der Waals surface area contributed by atoms with Gasteiger partial charge in [-0.3, -0.25) is 0 Å². The van der Waals surface area contributed by atoms with Crippen LogP contribution in [0.25, 0.3) is 0 Å². The SMILES string of the molecule is CCc1ccc(NC(N)=NCc2ccc(C)cc2OCC2CCOC2)cc1. The number of aryl methyl sites for hydroxylation is 2. The first kappa shape index (κ1) is 19.2. The van der Waals surface area contributed by atoms with Gasteiger partial charge in [-0.25, -0.2) is 4.99 Å². The van der Waals surface area contributed by atoms with E-state index in [1.807, 2.05) is 12.1 Å². The highest BCUT2D eigenvalue weighted by atomic mass is 16.5. The van der Waals surface area contributed by atoms with Crippen LogP contribution in [0.15, 0.2) is 47.5 Å². The molecule has 0 aromatic heterocycles. The summed E-state index contributed by atoms with van der Waals surface area (Å²) < 4.78 is 11.5. The van der Waals surface area contributed by atoms with Crippen LogP contribution in [0.4, 0.5) is 5.69 Å². The monoisotopic (exact) mass is 367 g/mol. The van der Waals surface area contributed by atoms with Crippen LogP contribution in [-0.2, 0) is 17.7 Å². The van der Waals surface area contributed by atoms with E-state index < -0.39 is 0 Å². The van der Waals surface area contributed by atoms with E-state index in [-0.39, 0.29) is 0 Å². The number of nitrogens with two attached hydrogens (primary N) is 1. The maximum atomic E-state index is 6.07. The van der Waals surface area contributed by atoms with Gasteiger partial charge < -0.3 is 20.5 Å². The number of rotatable bonds is 7. The summed E-state index contributed by atoms with van der Waals surface area (Å²) in [4.78, 5) is 4.48. The van der Waals surface area contributed by atoms with Gasteiger partial charge >= 0.3 is 0 Å². The van der Waals surface area contributed by atoms with Crippen LogP contribution < -0.4 is 15.8 Å². The number of nitrogens with one attached hydrogen (secondary N) is 1. The van der Waals surface area contributed by atoms with Gasteiger partial charge in [-0.15, -0.1) is 0 Å². The number of benzene rings is 2. The average Bonchev–Trinajstić information content (AvgIpc) is 3.20. The van der Waals surface area contributed by atoms with Gasteiger partial charge in [0.2, 0.25) is 0 Å². The first-order valence-electron chi connectivity index (χ1n) is 9.60. The molecule has 0 saturated carbocycles. The van der Waals surface area contributed by atoms with Crippen molar-refractivity contribution in [3.63, 3.8) is 0 Å². The van der Waals surface area contributed by atoms with E-state index in [2.05, 4.69) is 54.5 Å². The molecule has 0 aliphatic carbocycles. The Morgan fingerprint density at radius 3 is 2.78 bits per heavy atom. The Morgan fingerprint density at radius 1 is 1.26 bits per heavy atom. The van der Waals surface area contributed by atoms with Crippen LogP contribution >= 0.6 is 0 Å². The first-order chi connectivity index (χ1) is 13.1. The minimum absolute atomic E-state index is 0.398. The number of hydrogen-bond acceptors (Lipinski definition) is 3. The van der Waals surface area contributed by atoms with Crippen molar-refractivity contribution in [3.8, 4) is 5.75 Å². The lowest BCUT2D eigenvalue weighted by Crippen LogP contribution is -2.22. The van der Waals surface area contributed by atoms with Crippen LogP contribution in [0.3, 0.4) is 0 Å². The molecule has 1 atom stereocenters. The summed E-state index contributed by atoms with van der Waals surface area (Å²) in [6.45, 7) is 6.97. The first-order valence-corrected chi connectivity index (χ1v) is 9.60. The van der Waals surface area contributed by atoms with Crippen molar-refractivity contribution in [3.05, 3.63) is 59.2 Å². The summed E-state index contributed by atoms with van der Waals surface area (Å²) in [5.41, 5.74) is 10.5. The number of aliphatic imine (C=N–C) groups is 1. The quantitative estimate of drug-likeness (QED) is 0.575. The summed E-state index contributed by atoms with van der Waals surface area (Å²) >= 11 is 0. The van der Waals surface area contributed by atoms with E-state index in [1.165, 1.54) is 11.1 Å². The van der Waals surface area contributed by atoms with Crippen molar-refractivity contribution >= 4 is 11.6 Å². The lowest BCUT2D eigenvalue weighted by molar-refractivity contribution is 0.166. The molecule has 1 aliphatic rings. The fraction of sp³-hybridized carbons (Fsp3) is 0.409. The van der Waals surface area contributed by atoms with Crippen molar-refractivity contribution in [1.29, 1.82) is 0 Å². The van der Waals surface area contributed by atoms with Crippen molar-refractivity contribution < 1.29 is 9.47 Å². The number of ether oxygens (including phenoxy) is 2. The summed E-state index contributed by atoms with van der Waals surface area (Å²) in [5.74, 6) is 1.75. The second kappa shape index (κ2) is 9.42. The van der Waals surface area contributed by atoms with Gasteiger partial charge in [0.1, 0.15) is 5.75 Å². The summed E-state index contributed by atoms with van der Waals surface area (Å²) in [6, 6.07) is 14.4. The van der Waals surface area contributed by atoms with Gasteiger partial charge in [-0.2, -0.15) is 0 Å². The highest BCUT2D eigenvalue weighted by Gasteiger charge is 2.17. The largest absolute Gasteiger partial charge is 0.493 e. The maximum Gasteiger partial charge on any atom is 0.193 e. The van der Waals surface area contributed by atoms with E-state index in [0.29, 0.717) is 25.0 Å². The van der Waals surface area contributed by atoms with E-state index in [4.69, 9.17) is 15.2 Å². The Labute approximate surface area is 161 Å². The fourth-order valence-electron chi connectivity index (χ4n) is 3.03. The molecule has 1 heterocycles. The van der Waals surface area contributed by atoms with Crippen molar-refractivity contribution in [2.45, 2.75) is 33.2 Å². The fourth-order valence-corrected chi connectivity index (χ4v) is 3.03. The Balaban J connectivity index is 1.61. The Bertz CT molecular complexity index is 766. The third-order valence-electron chi connectivity index (χ3n) is 4.78. The van der Waals surface area contributed by atoms with Crippen LogP contribution in [0.1, 0.15) is 30.0 Å². The summed E-state index contributed by atoms with van der Waals surface area (Å²) in [6.07, 6.45) is 2.08. The highest BCUT2D eigenvalue weighted by Crippen LogP contribution is 2.23. The Morgan fingerprint density at radius 2 is 2.07 bits per heavy atom. The third kappa shape index (κ3) is 5.73. The highest BCUT2D eigenvalue weighted by molar-refractivity contribution is 5.92. The van der Waals surface area contributed by atoms with Crippen molar-refractivity contribution in [2.75, 3.05) is 25.1 Å². The molecule has 5 heteroatoms. The van der Waals surface area contributed by atoms with Crippen molar-refractivity contribution in [1.82, 2.24) is 0 Å². The van der Waals surface area contributed by atoms with Crippen LogP contribution in [0.2, 0.25) is 0 Å². The molecular formula is C22H29N3O2. The van der Waals surface area contributed by atoms with E-state index >= 15 is 0 Å². The second-order valence-electron chi connectivity index (χ2n) is 7.03. The molecule has 0 radical (unpaired) electrons. The van der Waals surface area contributed by atoms with E-state index in [9.17, 15) is 0 Å². The minimum atomic E-state index is 0.398. The summed E-state index contributed by atoms with van der Waals surface area (Å²) in [7, 11) is 0. The minimum Gasteiger partial charge on any atom is -0.493 e. The molecule has 3 rings (SSSR count). The molecule has 1 saturated heterocycles. The number of guanidine groups is 1. The molecule has 2 aromatic carbocycles. The molecule has 0 bridgehead atoms. The molecule has 0 spiro atoms. The molecule has 1 fully saturated rings. The lowest BCUT2D eigenvalue weighted by Gasteiger charge is -2.14. The van der Waals surface area contributed by atoms with Crippen LogP contribution in [-0.4, -0.2) is 25.8 Å². The third-order valence-corrected chi connectivity index (χ3v) is 4.78. The lowest BCUT2D eigenvalue weighted by atomic mass is 10.1. The molecule has 5 nitrogen and oxygen atoms in total. The predicted molar refractivity (Wildman–Crippen MR) is 110 cm³/mol. The van der Waals surface area contributed by atoms with Crippen LogP contribution in [0.5, 0.6) is 5.75 Å². The van der Waals surface area contributed by atoms with Gasteiger partial charge in [-0.1, -0.05) is 31.2 Å². The van der Waals surface area contributed by atoms with Gasteiger partial charge in [0.25, 0.3) is 0 Å². The molecule has 2 aromatic rings.